The van der Waals surface area contributed by atoms with Gasteiger partial charge in [-0.3, -0.25) is 4.79 Å². The Hall–Kier alpha value is -4.57. The molecule has 5 rings (SSSR count). The van der Waals surface area contributed by atoms with Crippen molar-refractivity contribution in [2.24, 2.45) is 5.92 Å². The van der Waals surface area contributed by atoms with Gasteiger partial charge in [0.25, 0.3) is 5.91 Å². The molecule has 212 valence electrons. The summed E-state index contributed by atoms with van der Waals surface area (Å²) in [6.07, 6.45) is -5.43. The van der Waals surface area contributed by atoms with Crippen molar-refractivity contribution < 1.29 is 37.3 Å². The lowest BCUT2D eigenvalue weighted by molar-refractivity contribution is -0.137. The van der Waals surface area contributed by atoms with Crippen molar-refractivity contribution >= 4 is 22.8 Å². The Bertz CT molecular complexity index is 1520. The van der Waals surface area contributed by atoms with Gasteiger partial charge in [0.15, 0.2) is 0 Å². The first-order valence-electron chi connectivity index (χ1n) is 13.0. The third-order valence-electron chi connectivity index (χ3n) is 6.99. The smallest absolute Gasteiger partial charge is 0.416 e. The highest BCUT2D eigenvalue weighted by Gasteiger charge is 2.37. The lowest BCUT2D eigenvalue weighted by atomic mass is 9.92. The minimum atomic E-state index is -4.43. The van der Waals surface area contributed by atoms with Gasteiger partial charge >= 0.3 is 12.3 Å². The summed E-state index contributed by atoms with van der Waals surface area (Å²) < 4.78 is 50.4. The number of halogens is 3. The van der Waals surface area contributed by atoms with Crippen LogP contribution in [-0.4, -0.2) is 47.7 Å². The van der Waals surface area contributed by atoms with E-state index in [1.54, 1.807) is 30.3 Å². The molecule has 1 atom stereocenters. The van der Waals surface area contributed by atoms with Gasteiger partial charge in [0.2, 0.25) is 0 Å². The van der Waals surface area contributed by atoms with E-state index in [0.717, 1.165) is 17.7 Å². The van der Waals surface area contributed by atoms with E-state index < -0.39 is 23.9 Å². The minimum Gasteiger partial charge on any atom is -0.465 e. The van der Waals surface area contributed by atoms with Gasteiger partial charge in [-0.2, -0.15) is 13.2 Å². The first kappa shape index (κ1) is 28.0. The molecule has 41 heavy (non-hydrogen) atoms. The maximum absolute atomic E-state index is 13.3. The fourth-order valence-electron chi connectivity index (χ4n) is 4.67. The third-order valence-corrected chi connectivity index (χ3v) is 6.99. The predicted octanol–water partition coefficient (Wildman–Crippen LogP) is 6.58. The predicted molar refractivity (Wildman–Crippen MR) is 146 cm³/mol. The van der Waals surface area contributed by atoms with Crippen molar-refractivity contribution in [2.45, 2.75) is 18.8 Å². The molecule has 4 aromatic rings. The molecule has 2 amide bonds. The monoisotopic (exact) mass is 564 g/mol. The number of likely N-dealkylation sites (tertiary alicyclic amines) is 1. The number of fused-ring (bicyclic) bond motifs is 1. The maximum Gasteiger partial charge on any atom is 0.416 e. The van der Waals surface area contributed by atoms with Crippen LogP contribution in [0.4, 0.5) is 18.0 Å². The normalized spacial score (nSPS) is 14.4. The van der Waals surface area contributed by atoms with Gasteiger partial charge in [0.1, 0.15) is 11.5 Å². The van der Waals surface area contributed by atoms with Gasteiger partial charge in [-0.1, -0.05) is 42.5 Å². The van der Waals surface area contributed by atoms with E-state index in [1.165, 1.54) is 17.0 Å². The van der Waals surface area contributed by atoms with Crippen LogP contribution in [0.15, 0.2) is 91.0 Å². The number of amides is 2. The van der Waals surface area contributed by atoms with Crippen LogP contribution in [0.1, 0.15) is 21.5 Å². The Kier molecular flexibility index (Phi) is 8.11. The standard InChI is InChI=1S/C31H27F3N2O5/c32-31(33,34)24-10-12-25(13-11-24)41-28-8-4-7-21-15-22(9-14-26(21)28)29(37)35-27(23-16-36(17-23)30(38)39)19-40-18-20-5-2-1-3-6-20/h1-15,23,27H,16-19H2,(H,35,37)(H,38,39). The summed E-state index contributed by atoms with van der Waals surface area (Å²) in [5.41, 5.74) is 0.619. The molecule has 2 N–H and O–H groups in total. The van der Waals surface area contributed by atoms with E-state index in [0.29, 0.717) is 41.8 Å². The van der Waals surface area contributed by atoms with E-state index in [1.807, 2.05) is 36.4 Å². The zero-order valence-electron chi connectivity index (χ0n) is 21.8. The Morgan fingerprint density at radius 2 is 1.68 bits per heavy atom. The highest BCUT2D eigenvalue weighted by molar-refractivity contribution is 6.00. The first-order valence-corrected chi connectivity index (χ1v) is 13.0. The number of nitrogens with one attached hydrogen (secondary N) is 1. The zero-order chi connectivity index (χ0) is 29.0. The molecule has 0 saturated carbocycles. The Balaban J connectivity index is 1.28. The average molecular weight is 565 g/mol. The summed E-state index contributed by atoms with van der Waals surface area (Å²) in [5.74, 6) is 0.268. The van der Waals surface area contributed by atoms with Crippen molar-refractivity contribution in [1.82, 2.24) is 10.2 Å². The number of ether oxygens (including phenoxy) is 2. The van der Waals surface area contributed by atoms with Crippen LogP contribution in [0.25, 0.3) is 10.8 Å². The molecule has 4 aromatic carbocycles. The summed E-state index contributed by atoms with van der Waals surface area (Å²) in [6, 6.07) is 24.0. The van der Waals surface area contributed by atoms with Gasteiger partial charge in [-0.15, -0.1) is 0 Å². The largest absolute Gasteiger partial charge is 0.465 e. The van der Waals surface area contributed by atoms with Crippen molar-refractivity contribution in [1.29, 1.82) is 0 Å². The van der Waals surface area contributed by atoms with E-state index in [9.17, 15) is 27.9 Å². The van der Waals surface area contributed by atoms with Crippen LogP contribution in [0.2, 0.25) is 0 Å². The van der Waals surface area contributed by atoms with E-state index in [-0.39, 0.29) is 24.2 Å². The molecule has 1 aliphatic rings. The van der Waals surface area contributed by atoms with Crippen molar-refractivity contribution in [3.8, 4) is 11.5 Å². The fourth-order valence-corrected chi connectivity index (χ4v) is 4.67. The fraction of sp³-hybridized carbons (Fsp3) is 0.226. The number of benzene rings is 4. The molecular formula is C31H27F3N2O5. The second-order valence-corrected chi connectivity index (χ2v) is 9.84. The summed E-state index contributed by atoms with van der Waals surface area (Å²) in [4.78, 5) is 25.8. The number of carboxylic acid groups (broad SMARTS) is 1. The molecule has 10 heteroatoms. The van der Waals surface area contributed by atoms with Crippen LogP contribution in [0, 0.1) is 5.92 Å². The lowest BCUT2D eigenvalue weighted by Gasteiger charge is -2.41. The van der Waals surface area contributed by atoms with Crippen LogP contribution in [0.3, 0.4) is 0 Å². The van der Waals surface area contributed by atoms with Crippen molar-refractivity contribution in [2.75, 3.05) is 19.7 Å². The summed E-state index contributed by atoms with van der Waals surface area (Å²) in [7, 11) is 0. The first-order chi connectivity index (χ1) is 19.7. The van der Waals surface area contributed by atoms with E-state index >= 15 is 0 Å². The lowest BCUT2D eigenvalue weighted by Crippen LogP contribution is -2.59. The highest BCUT2D eigenvalue weighted by Crippen LogP contribution is 2.34. The maximum atomic E-state index is 13.3. The zero-order valence-corrected chi connectivity index (χ0v) is 21.8. The number of hydrogen-bond acceptors (Lipinski definition) is 4. The van der Waals surface area contributed by atoms with Crippen molar-refractivity contribution in [3.63, 3.8) is 0 Å². The molecule has 1 heterocycles. The summed E-state index contributed by atoms with van der Waals surface area (Å²) in [6.45, 7) is 1.19. The molecule has 0 radical (unpaired) electrons. The summed E-state index contributed by atoms with van der Waals surface area (Å²) in [5, 5.41) is 13.6. The molecule has 1 aliphatic heterocycles. The molecule has 1 fully saturated rings. The van der Waals surface area contributed by atoms with Crippen LogP contribution in [0.5, 0.6) is 11.5 Å². The second-order valence-electron chi connectivity index (χ2n) is 9.84. The number of hydrogen-bond donors (Lipinski definition) is 2. The SMILES string of the molecule is O=C(NC(COCc1ccccc1)C1CN(C(=O)O)C1)c1ccc2c(Oc3ccc(C(F)(F)F)cc3)cccc2c1. The van der Waals surface area contributed by atoms with Crippen LogP contribution in [-0.2, 0) is 17.5 Å². The van der Waals surface area contributed by atoms with Gasteiger partial charge in [-0.25, -0.2) is 4.79 Å². The molecule has 0 spiro atoms. The quantitative estimate of drug-likeness (QED) is 0.240. The Morgan fingerprint density at radius 3 is 2.37 bits per heavy atom. The average Bonchev–Trinajstić information content (AvgIpc) is 2.92. The number of carbonyl (C=O) groups is 2. The highest BCUT2D eigenvalue weighted by atomic mass is 19.4. The van der Waals surface area contributed by atoms with Gasteiger partial charge in [0, 0.05) is 30.0 Å². The topological polar surface area (TPSA) is 88.1 Å². The molecule has 1 unspecified atom stereocenters. The van der Waals surface area contributed by atoms with Crippen LogP contribution < -0.4 is 10.1 Å². The number of rotatable bonds is 9. The molecular weight excluding hydrogens is 537 g/mol. The molecule has 1 saturated heterocycles. The van der Waals surface area contributed by atoms with Crippen molar-refractivity contribution in [3.05, 3.63) is 108 Å². The number of nitrogens with zero attached hydrogens (tertiary/aromatic N) is 1. The van der Waals surface area contributed by atoms with Gasteiger partial charge in [-0.05, 0) is 59.5 Å². The number of alkyl halides is 3. The van der Waals surface area contributed by atoms with E-state index in [2.05, 4.69) is 5.32 Å². The molecule has 7 nitrogen and oxygen atoms in total. The molecule has 0 aromatic heterocycles. The molecule has 0 aliphatic carbocycles. The Labute approximate surface area is 234 Å². The Morgan fingerprint density at radius 1 is 0.951 bits per heavy atom. The van der Waals surface area contributed by atoms with Crippen LogP contribution >= 0.6 is 0 Å². The van der Waals surface area contributed by atoms with Gasteiger partial charge < -0.3 is 24.8 Å². The molecule has 0 bridgehead atoms. The number of carbonyl (C=O) groups excluding carboxylic acids is 1. The van der Waals surface area contributed by atoms with E-state index in [4.69, 9.17) is 9.47 Å². The minimum absolute atomic E-state index is 0.0879. The van der Waals surface area contributed by atoms with Gasteiger partial charge in [0.05, 0.1) is 24.8 Å². The third kappa shape index (κ3) is 6.78. The summed E-state index contributed by atoms with van der Waals surface area (Å²) >= 11 is 0. The second kappa shape index (κ2) is 11.9.